The molecule has 114 valence electrons. The maximum absolute atomic E-state index is 9.81. The zero-order valence-corrected chi connectivity index (χ0v) is 13.4. The molecule has 0 aliphatic heterocycles. The topological polar surface area (TPSA) is 51.6 Å². The summed E-state index contributed by atoms with van der Waals surface area (Å²) < 4.78 is 11.0. The van der Waals surface area contributed by atoms with Gasteiger partial charge in [-0.05, 0) is 31.9 Å². The summed E-state index contributed by atoms with van der Waals surface area (Å²) in [5, 5.41) is 13.0. The number of thiazole rings is 1. The average molecular weight is 307 g/mol. The molecule has 0 saturated heterocycles. The minimum Gasteiger partial charge on any atom is -0.497 e. The van der Waals surface area contributed by atoms with Crippen LogP contribution < -0.4 is 9.47 Å². The summed E-state index contributed by atoms with van der Waals surface area (Å²) in [5.41, 5.74) is 1.67. The van der Waals surface area contributed by atoms with Crippen molar-refractivity contribution in [2.45, 2.75) is 39.4 Å². The Morgan fingerprint density at radius 2 is 2.19 bits per heavy atom. The van der Waals surface area contributed by atoms with Gasteiger partial charge in [0.2, 0.25) is 0 Å². The highest BCUT2D eigenvalue weighted by atomic mass is 32.1. The first-order valence-corrected chi connectivity index (χ1v) is 7.94. The molecule has 0 aliphatic carbocycles. The molecule has 1 aromatic heterocycles. The maximum atomic E-state index is 9.81. The van der Waals surface area contributed by atoms with Gasteiger partial charge in [-0.2, -0.15) is 0 Å². The first-order valence-electron chi connectivity index (χ1n) is 7.06. The molecule has 4 nitrogen and oxygen atoms in total. The van der Waals surface area contributed by atoms with Crippen LogP contribution in [0.3, 0.4) is 0 Å². The minimum absolute atomic E-state index is 0.396. The van der Waals surface area contributed by atoms with E-state index in [1.165, 1.54) is 0 Å². The van der Waals surface area contributed by atoms with Gasteiger partial charge in [0.1, 0.15) is 18.1 Å². The SMILES string of the molecule is CCCc1nc(COc2cc(OC)ccc2C(C)O)cs1. The highest BCUT2D eigenvalue weighted by molar-refractivity contribution is 7.09. The zero-order chi connectivity index (χ0) is 15.2. The summed E-state index contributed by atoms with van der Waals surface area (Å²) in [6.45, 7) is 4.26. The van der Waals surface area contributed by atoms with Gasteiger partial charge in [0.05, 0.1) is 23.9 Å². The van der Waals surface area contributed by atoms with Gasteiger partial charge < -0.3 is 14.6 Å². The standard InChI is InChI=1S/C16H21NO3S/c1-4-5-16-17-12(10-21-16)9-20-15-8-13(19-3)6-7-14(15)11(2)18/h6-8,10-11,18H,4-5,9H2,1-3H3. The van der Waals surface area contributed by atoms with Gasteiger partial charge in [0.15, 0.2) is 0 Å². The Morgan fingerprint density at radius 3 is 2.86 bits per heavy atom. The largest absolute Gasteiger partial charge is 0.497 e. The highest BCUT2D eigenvalue weighted by Crippen LogP contribution is 2.30. The molecule has 0 bridgehead atoms. The van der Waals surface area contributed by atoms with Crippen LogP contribution in [0.2, 0.25) is 0 Å². The molecule has 0 radical (unpaired) electrons. The van der Waals surface area contributed by atoms with Crippen LogP contribution in [-0.4, -0.2) is 17.2 Å². The van der Waals surface area contributed by atoms with Crippen molar-refractivity contribution in [2.75, 3.05) is 7.11 Å². The summed E-state index contributed by atoms with van der Waals surface area (Å²) in [6, 6.07) is 5.43. The van der Waals surface area contributed by atoms with E-state index in [-0.39, 0.29) is 0 Å². The Hall–Kier alpha value is -1.59. The molecule has 0 aliphatic rings. The van der Waals surface area contributed by atoms with E-state index in [9.17, 15) is 5.11 Å². The number of nitrogens with zero attached hydrogens (tertiary/aromatic N) is 1. The van der Waals surface area contributed by atoms with E-state index in [2.05, 4.69) is 11.9 Å². The molecule has 0 fully saturated rings. The van der Waals surface area contributed by atoms with E-state index < -0.39 is 6.10 Å². The fraction of sp³-hybridized carbons (Fsp3) is 0.438. The Balaban J connectivity index is 2.10. The van der Waals surface area contributed by atoms with Crippen molar-refractivity contribution in [2.24, 2.45) is 0 Å². The molecule has 1 atom stereocenters. The lowest BCUT2D eigenvalue weighted by Gasteiger charge is -2.14. The Labute approximate surface area is 129 Å². The number of hydrogen-bond donors (Lipinski definition) is 1. The van der Waals surface area contributed by atoms with Crippen molar-refractivity contribution in [3.05, 3.63) is 39.8 Å². The smallest absolute Gasteiger partial charge is 0.131 e. The predicted molar refractivity (Wildman–Crippen MR) is 84.1 cm³/mol. The molecule has 2 rings (SSSR count). The average Bonchev–Trinajstić information content (AvgIpc) is 2.92. The van der Waals surface area contributed by atoms with Crippen molar-refractivity contribution in [1.29, 1.82) is 0 Å². The van der Waals surface area contributed by atoms with Crippen LogP contribution in [0.15, 0.2) is 23.6 Å². The molecule has 1 unspecified atom stereocenters. The van der Waals surface area contributed by atoms with Crippen LogP contribution in [0.5, 0.6) is 11.5 Å². The lowest BCUT2D eigenvalue weighted by atomic mass is 10.1. The number of aliphatic hydroxyl groups is 1. The van der Waals surface area contributed by atoms with Crippen molar-refractivity contribution in [3.63, 3.8) is 0 Å². The molecular formula is C16H21NO3S. The Morgan fingerprint density at radius 1 is 1.38 bits per heavy atom. The Bertz CT molecular complexity index is 581. The maximum Gasteiger partial charge on any atom is 0.131 e. The van der Waals surface area contributed by atoms with Gasteiger partial charge in [0, 0.05) is 17.0 Å². The third kappa shape index (κ3) is 4.19. The lowest BCUT2D eigenvalue weighted by molar-refractivity contribution is 0.189. The van der Waals surface area contributed by atoms with Crippen molar-refractivity contribution in [1.82, 2.24) is 4.98 Å². The van der Waals surface area contributed by atoms with Crippen LogP contribution in [0.4, 0.5) is 0 Å². The molecule has 0 saturated carbocycles. The van der Waals surface area contributed by atoms with E-state index in [0.717, 1.165) is 29.1 Å². The quantitative estimate of drug-likeness (QED) is 0.846. The van der Waals surface area contributed by atoms with Gasteiger partial charge in [0.25, 0.3) is 0 Å². The number of hydrogen-bond acceptors (Lipinski definition) is 5. The fourth-order valence-electron chi connectivity index (χ4n) is 2.01. The Kier molecular flexibility index (Phi) is 5.59. The second-order valence-corrected chi connectivity index (χ2v) is 5.79. The summed E-state index contributed by atoms with van der Waals surface area (Å²) in [5.74, 6) is 1.34. The molecule has 1 heterocycles. The first-order chi connectivity index (χ1) is 10.1. The van der Waals surface area contributed by atoms with Crippen LogP contribution in [0.25, 0.3) is 0 Å². The summed E-state index contributed by atoms with van der Waals surface area (Å²) in [6.07, 6.45) is 1.51. The lowest BCUT2D eigenvalue weighted by Crippen LogP contribution is -2.02. The summed E-state index contributed by atoms with van der Waals surface area (Å²) in [7, 11) is 1.61. The zero-order valence-electron chi connectivity index (χ0n) is 12.6. The summed E-state index contributed by atoms with van der Waals surface area (Å²) >= 11 is 1.66. The minimum atomic E-state index is -0.586. The molecular weight excluding hydrogens is 286 g/mol. The molecule has 5 heteroatoms. The van der Waals surface area contributed by atoms with E-state index in [4.69, 9.17) is 9.47 Å². The van der Waals surface area contributed by atoms with Crippen LogP contribution in [0.1, 0.15) is 42.6 Å². The molecule has 1 aromatic carbocycles. The highest BCUT2D eigenvalue weighted by Gasteiger charge is 2.11. The van der Waals surface area contributed by atoms with E-state index in [0.29, 0.717) is 18.1 Å². The van der Waals surface area contributed by atoms with Gasteiger partial charge in [-0.1, -0.05) is 6.92 Å². The summed E-state index contributed by atoms with van der Waals surface area (Å²) in [4.78, 5) is 4.53. The van der Waals surface area contributed by atoms with E-state index in [1.807, 2.05) is 17.5 Å². The van der Waals surface area contributed by atoms with Crippen molar-refractivity contribution >= 4 is 11.3 Å². The van der Waals surface area contributed by atoms with Crippen molar-refractivity contribution in [3.8, 4) is 11.5 Å². The third-order valence-corrected chi connectivity index (χ3v) is 4.07. The number of aromatic nitrogens is 1. The van der Waals surface area contributed by atoms with Crippen LogP contribution in [-0.2, 0) is 13.0 Å². The molecule has 1 N–H and O–H groups in total. The third-order valence-electron chi connectivity index (χ3n) is 3.11. The van der Waals surface area contributed by atoms with E-state index in [1.54, 1.807) is 31.4 Å². The number of benzene rings is 1. The van der Waals surface area contributed by atoms with Gasteiger partial charge >= 0.3 is 0 Å². The number of ether oxygens (including phenoxy) is 2. The van der Waals surface area contributed by atoms with Gasteiger partial charge in [-0.15, -0.1) is 11.3 Å². The second kappa shape index (κ2) is 7.43. The second-order valence-electron chi connectivity index (χ2n) is 4.85. The van der Waals surface area contributed by atoms with Crippen molar-refractivity contribution < 1.29 is 14.6 Å². The number of methoxy groups -OCH3 is 1. The van der Waals surface area contributed by atoms with E-state index >= 15 is 0 Å². The number of aliphatic hydroxyl groups excluding tert-OH is 1. The van der Waals surface area contributed by atoms with Gasteiger partial charge in [-0.3, -0.25) is 0 Å². The van der Waals surface area contributed by atoms with Crippen LogP contribution in [0, 0.1) is 0 Å². The first kappa shape index (κ1) is 15.8. The monoisotopic (exact) mass is 307 g/mol. The molecule has 0 amide bonds. The van der Waals surface area contributed by atoms with Gasteiger partial charge in [-0.25, -0.2) is 4.98 Å². The van der Waals surface area contributed by atoms with Crippen LogP contribution >= 0.6 is 11.3 Å². The fourth-order valence-corrected chi connectivity index (χ4v) is 2.89. The molecule has 21 heavy (non-hydrogen) atoms. The molecule has 0 spiro atoms. The normalized spacial score (nSPS) is 12.2. The number of aryl methyl sites for hydroxylation is 1. The number of rotatable bonds is 7. The molecule has 2 aromatic rings. The predicted octanol–water partition coefficient (Wildman–Crippen LogP) is 3.74.